The first-order chi connectivity index (χ1) is 24.6. The van der Waals surface area contributed by atoms with Gasteiger partial charge < -0.3 is 9.13 Å². The number of rotatable bonds is 4. The molecule has 4 nitrogen and oxygen atoms in total. The maximum absolute atomic E-state index is 16.3. The van der Waals surface area contributed by atoms with E-state index in [1.165, 1.54) is 12.1 Å². The summed E-state index contributed by atoms with van der Waals surface area (Å²) in [7, 11) is 0. The molecule has 0 radical (unpaired) electrons. The van der Waals surface area contributed by atoms with Crippen molar-refractivity contribution in [2.24, 2.45) is 0 Å². The molecule has 0 amide bonds. The Morgan fingerprint density at radius 2 is 0.700 bits per heavy atom. The van der Waals surface area contributed by atoms with Gasteiger partial charge in [0.05, 0.1) is 56.7 Å². The Labute approximate surface area is 285 Å². The van der Waals surface area contributed by atoms with Crippen molar-refractivity contribution in [2.75, 3.05) is 0 Å². The lowest BCUT2D eigenvalue weighted by Gasteiger charge is -2.22. The number of fused-ring (bicyclic) bond motifs is 6. The highest BCUT2D eigenvalue weighted by molar-refractivity contribution is 6.11. The summed E-state index contributed by atoms with van der Waals surface area (Å²) in [5.74, 6) is -1.09. The predicted octanol–water partition coefficient (Wildman–Crippen LogP) is 11.2. The average Bonchev–Trinajstić information content (AvgIpc) is 3.67. The molecule has 2 aromatic heterocycles. The largest absolute Gasteiger partial charge is 0.309 e. The van der Waals surface area contributed by atoms with E-state index in [0.717, 1.165) is 43.6 Å². The monoisotopic (exact) mass is 646 g/mol. The van der Waals surface area contributed by atoms with Crippen LogP contribution in [0.2, 0.25) is 0 Å². The van der Waals surface area contributed by atoms with Gasteiger partial charge in [-0.2, -0.15) is 10.5 Å². The zero-order valence-electron chi connectivity index (χ0n) is 26.4. The lowest BCUT2D eigenvalue weighted by atomic mass is 9.94. The summed E-state index contributed by atoms with van der Waals surface area (Å²) in [6, 6.07) is 49.1. The van der Waals surface area contributed by atoms with Crippen LogP contribution in [0.5, 0.6) is 0 Å². The Hall–Kier alpha value is -7.02. The predicted molar refractivity (Wildman–Crippen MR) is 195 cm³/mol. The van der Waals surface area contributed by atoms with Gasteiger partial charge in [-0.15, -0.1) is 0 Å². The van der Waals surface area contributed by atoms with E-state index in [9.17, 15) is 10.5 Å². The number of halogens is 2. The number of hydrogen-bond donors (Lipinski definition) is 0. The van der Waals surface area contributed by atoms with Gasteiger partial charge >= 0.3 is 0 Å². The van der Waals surface area contributed by atoms with Crippen molar-refractivity contribution in [3.63, 3.8) is 0 Å². The van der Waals surface area contributed by atoms with E-state index in [4.69, 9.17) is 0 Å². The van der Waals surface area contributed by atoms with Crippen LogP contribution in [0.1, 0.15) is 11.1 Å². The Bertz CT molecular complexity index is 2630. The Morgan fingerprint density at radius 3 is 1.00 bits per heavy atom. The molecule has 9 rings (SSSR count). The van der Waals surface area contributed by atoms with Gasteiger partial charge in [-0.25, -0.2) is 8.78 Å². The van der Waals surface area contributed by atoms with Crippen LogP contribution in [0.15, 0.2) is 146 Å². The molecule has 0 saturated heterocycles. The van der Waals surface area contributed by atoms with Crippen LogP contribution in [0, 0.1) is 34.3 Å². The van der Waals surface area contributed by atoms with Gasteiger partial charge in [-0.3, -0.25) is 0 Å². The van der Waals surface area contributed by atoms with Gasteiger partial charge in [0.2, 0.25) is 0 Å². The van der Waals surface area contributed by atoms with Crippen molar-refractivity contribution >= 4 is 43.6 Å². The third kappa shape index (κ3) is 4.33. The fourth-order valence-electron chi connectivity index (χ4n) is 7.35. The Morgan fingerprint density at radius 1 is 0.380 bits per heavy atom. The minimum absolute atomic E-state index is 0.212. The van der Waals surface area contributed by atoms with Crippen LogP contribution in [0.25, 0.3) is 77.2 Å². The summed E-state index contributed by atoms with van der Waals surface area (Å²) >= 11 is 0. The van der Waals surface area contributed by atoms with Crippen molar-refractivity contribution < 1.29 is 8.78 Å². The van der Waals surface area contributed by atoms with Crippen LogP contribution in [-0.4, -0.2) is 9.13 Å². The first-order valence-corrected chi connectivity index (χ1v) is 16.1. The minimum atomic E-state index is -0.545. The molecule has 2 heterocycles. The van der Waals surface area contributed by atoms with Crippen LogP contribution in [0.4, 0.5) is 8.78 Å². The van der Waals surface area contributed by atoms with E-state index in [2.05, 4.69) is 33.4 Å². The van der Waals surface area contributed by atoms with E-state index >= 15 is 8.78 Å². The van der Waals surface area contributed by atoms with Gasteiger partial charge in [0, 0.05) is 43.8 Å². The number of nitriles is 2. The number of nitrogens with zero attached hydrogens (tertiary/aromatic N) is 4. The lowest BCUT2D eigenvalue weighted by Crippen LogP contribution is -2.05. The van der Waals surface area contributed by atoms with Gasteiger partial charge in [0.15, 0.2) is 0 Å². The molecule has 9 aromatic rings. The molecule has 7 aromatic carbocycles. The molecule has 6 heteroatoms. The Balaban J connectivity index is 1.50. The maximum Gasteiger partial charge on any atom is 0.132 e. The van der Waals surface area contributed by atoms with E-state index in [0.29, 0.717) is 33.6 Å². The van der Waals surface area contributed by atoms with Gasteiger partial charge in [0.25, 0.3) is 0 Å². The summed E-state index contributed by atoms with van der Waals surface area (Å²) in [5.41, 5.74) is 7.03. The molecule has 0 bridgehead atoms. The summed E-state index contributed by atoms with van der Waals surface area (Å²) in [5, 5.41) is 23.2. The van der Waals surface area contributed by atoms with E-state index < -0.39 is 11.6 Å². The van der Waals surface area contributed by atoms with E-state index in [-0.39, 0.29) is 11.1 Å². The number of para-hydroxylation sites is 4. The third-order valence-corrected chi connectivity index (χ3v) is 9.53. The normalized spacial score (nSPS) is 11.4. The summed E-state index contributed by atoms with van der Waals surface area (Å²) in [6.07, 6.45) is 0. The SMILES string of the molecule is N#Cc1ccc(-c2cc(-n3c4ccccc4c4ccccc43)c(-c3ccc(C#N)cc3F)cc2-n2c3ccccc3c3ccccc32)c(F)c1. The zero-order valence-corrected chi connectivity index (χ0v) is 26.4. The smallest absolute Gasteiger partial charge is 0.132 e. The number of benzene rings is 7. The quantitative estimate of drug-likeness (QED) is 0.191. The second-order valence-electron chi connectivity index (χ2n) is 12.2. The van der Waals surface area contributed by atoms with Crippen molar-refractivity contribution in [2.45, 2.75) is 0 Å². The molecule has 234 valence electrons. The molecule has 0 aliphatic rings. The third-order valence-electron chi connectivity index (χ3n) is 9.53. The summed E-state index contributed by atoms with van der Waals surface area (Å²) in [6.45, 7) is 0. The molecular formula is C44H24F2N4. The standard InChI is InChI=1S/C44H24F2N4/c45-37-21-27(25-47)17-19-29(37)35-24-44(50-41-15-7-3-11-33(41)34-12-4-8-16-42(34)50)36(30-20-18-28(26-48)22-38(30)46)23-43(35)49-39-13-5-1-9-31(39)32-10-2-6-14-40(32)49/h1-24H. The second kappa shape index (κ2) is 11.3. The molecule has 0 saturated carbocycles. The molecule has 0 unspecified atom stereocenters. The molecule has 0 N–H and O–H groups in total. The minimum Gasteiger partial charge on any atom is -0.309 e. The van der Waals surface area contributed by atoms with E-state index in [1.54, 1.807) is 24.3 Å². The fourth-order valence-corrected chi connectivity index (χ4v) is 7.35. The number of hydrogen-bond acceptors (Lipinski definition) is 2. The summed E-state index contributed by atoms with van der Waals surface area (Å²) < 4.78 is 36.7. The number of aromatic nitrogens is 2. The average molecular weight is 647 g/mol. The molecule has 0 atom stereocenters. The van der Waals surface area contributed by atoms with Crippen LogP contribution in [-0.2, 0) is 0 Å². The molecular weight excluding hydrogens is 623 g/mol. The van der Waals surface area contributed by atoms with Gasteiger partial charge in [0.1, 0.15) is 11.6 Å². The highest BCUT2D eigenvalue weighted by Crippen LogP contribution is 2.44. The van der Waals surface area contributed by atoms with Crippen LogP contribution >= 0.6 is 0 Å². The molecule has 0 fully saturated rings. The van der Waals surface area contributed by atoms with E-state index in [1.807, 2.05) is 97.1 Å². The van der Waals surface area contributed by atoms with Gasteiger partial charge in [-0.05, 0) is 60.7 Å². The summed E-state index contributed by atoms with van der Waals surface area (Å²) in [4.78, 5) is 0. The maximum atomic E-state index is 16.3. The van der Waals surface area contributed by atoms with Crippen molar-refractivity contribution in [3.05, 3.63) is 168 Å². The highest BCUT2D eigenvalue weighted by Gasteiger charge is 2.24. The van der Waals surface area contributed by atoms with Crippen LogP contribution in [0.3, 0.4) is 0 Å². The van der Waals surface area contributed by atoms with Crippen molar-refractivity contribution in [1.29, 1.82) is 10.5 Å². The Kier molecular flexibility index (Phi) is 6.59. The van der Waals surface area contributed by atoms with Crippen LogP contribution < -0.4 is 0 Å². The van der Waals surface area contributed by atoms with Crippen molar-refractivity contribution in [1.82, 2.24) is 9.13 Å². The topological polar surface area (TPSA) is 57.4 Å². The van der Waals surface area contributed by atoms with Crippen molar-refractivity contribution in [3.8, 4) is 45.8 Å². The first-order valence-electron chi connectivity index (χ1n) is 16.1. The second-order valence-corrected chi connectivity index (χ2v) is 12.2. The fraction of sp³-hybridized carbons (Fsp3) is 0. The van der Waals surface area contributed by atoms with Gasteiger partial charge in [-0.1, -0.05) is 84.9 Å². The highest BCUT2D eigenvalue weighted by atomic mass is 19.1. The molecule has 0 aliphatic heterocycles. The lowest BCUT2D eigenvalue weighted by molar-refractivity contribution is 0.630. The zero-order chi connectivity index (χ0) is 33.9. The molecule has 0 aliphatic carbocycles. The molecule has 50 heavy (non-hydrogen) atoms. The first kappa shape index (κ1) is 29.1. The molecule has 0 spiro atoms.